The van der Waals surface area contributed by atoms with Crippen molar-refractivity contribution in [1.82, 2.24) is 19.7 Å². The van der Waals surface area contributed by atoms with Gasteiger partial charge in [-0.3, -0.25) is 4.68 Å². The Labute approximate surface area is 115 Å². The predicted molar refractivity (Wildman–Crippen MR) is 75.7 cm³/mol. The fourth-order valence-corrected chi connectivity index (χ4v) is 1.94. The van der Waals surface area contributed by atoms with E-state index in [1.165, 1.54) is 0 Å². The van der Waals surface area contributed by atoms with Gasteiger partial charge in [0.05, 0.1) is 11.9 Å². The van der Waals surface area contributed by atoms with Gasteiger partial charge in [-0.05, 0) is 12.1 Å². The molecule has 2 heterocycles. The Morgan fingerprint density at radius 1 is 1.15 bits per heavy atom. The highest BCUT2D eigenvalue weighted by Gasteiger charge is 2.09. The molecule has 0 atom stereocenters. The zero-order valence-electron chi connectivity index (χ0n) is 10.9. The maximum atomic E-state index is 9.53. The van der Waals surface area contributed by atoms with Gasteiger partial charge in [0, 0.05) is 30.4 Å². The molecule has 20 heavy (non-hydrogen) atoms. The second-order valence-corrected chi connectivity index (χ2v) is 4.45. The number of anilines is 1. The molecule has 0 radical (unpaired) electrons. The molecule has 3 rings (SSSR count). The predicted octanol–water partition coefficient (Wildman–Crippen LogP) is 1.83. The number of aryl methyl sites for hydroxylation is 1. The summed E-state index contributed by atoms with van der Waals surface area (Å²) in [6.07, 6.45) is 3.57. The van der Waals surface area contributed by atoms with E-state index in [2.05, 4.69) is 15.1 Å². The van der Waals surface area contributed by atoms with E-state index in [0.717, 1.165) is 5.56 Å². The Kier molecular flexibility index (Phi) is 2.83. The van der Waals surface area contributed by atoms with Crippen LogP contribution in [0.3, 0.4) is 0 Å². The summed E-state index contributed by atoms with van der Waals surface area (Å²) in [6, 6.07) is 8.45. The van der Waals surface area contributed by atoms with Gasteiger partial charge in [-0.25, -0.2) is 9.97 Å². The zero-order chi connectivity index (χ0) is 14.1. The molecule has 2 aromatic heterocycles. The van der Waals surface area contributed by atoms with Crippen molar-refractivity contribution < 1.29 is 5.11 Å². The number of rotatable bonds is 2. The summed E-state index contributed by atoms with van der Waals surface area (Å²) in [5.74, 6) is 1.01. The Bertz CT molecular complexity index is 766. The van der Waals surface area contributed by atoms with Crippen LogP contribution in [0.4, 0.5) is 5.82 Å². The number of aromatic nitrogens is 4. The van der Waals surface area contributed by atoms with E-state index in [9.17, 15) is 5.11 Å². The van der Waals surface area contributed by atoms with Gasteiger partial charge in [0.15, 0.2) is 5.82 Å². The number of nitrogens with two attached hydrogens (primary N) is 1. The van der Waals surface area contributed by atoms with Gasteiger partial charge in [-0.1, -0.05) is 12.1 Å². The van der Waals surface area contributed by atoms with Crippen molar-refractivity contribution in [3.05, 3.63) is 42.7 Å². The second kappa shape index (κ2) is 4.65. The van der Waals surface area contributed by atoms with E-state index in [4.69, 9.17) is 5.73 Å². The van der Waals surface area contributed by atoms with E-state index in [1.54, 1.807) is 35.1 Å². The van der Waals surface area contributed by atoms with Crippen molar-refractivity contribution in [2.24, 2.45) is 7.05 Å². The average Bonchev–Trinajstić information content (AvgIpc) is 2.85. The monoisotopic (exact) mass is 267 g/mol. The molecule has 6 heteroatoms. The highest BCUT2D eigenvalue weighted by atomic mass is 16.3. The van der Waals surface area contributed by atoms with Crippen LogP contribution >= 0.6 is 0 Å². The van der Waals surface area contributed by atoms with E-state index < -0.39 is 0 Å². The lowest BCUT2D eigenvalue weighted by Gasteiger charge is -2.05. The van der Waals surface area contributed by atoms with Crippen LogP contribution in [0.2, 0.25) is 0 Å². The first-order chi connectivity index (χ1) is 9.61. The molecule has 0 aliphatic heterocycles. The third kappa shape index (κ3) is 2.31. The summed E-state index contributed by atoms with van der Waals surface area (Å²) in [6.45, 7) is 0. The summed E-state index contributed by atoms with van der Waals surface area (Å²) in [4.78, 5) is 8.68. The first-order valence-corrected chi connectivity index (χ1v) is 6.05. The first-order valence-electron chi connectivity index (χ1n) is 6.05. The quantitative estimate of drug-likeness (QED) is 0.739. The smallest absolute Gasteiger partial charge is 0.162 e. The van der Waals surface area contributed by atoms with Crippen molar-refractivity contribution in [1.29, 1.82) is 0 Å². The SMILES string of the molecule is Cn1cc(-c2cc(N)nc(-c3cccc(O)c3)n2)cn1. The molecule has 1 aromatic carbocycles. The van der Waals surface area contributed by atoms with Crippen molar-refractivity contribution in [3.63, 3.8) is 0 Å². The third-order valence-corrected chi connectivity index (χ3v) is 2.85. The molecule has 0 amide bonds. The summed E-state index contributed by atoms with van der Waals surface area (Å²) in [5.41, 5.74) is 8.11. The highest BCUT2D eigenvalue weighted by molar-refractivity contribution is 5.66. The Balaban J connectivity index is 2.11. The molecule has 0 aliphatic rings. The lowest BCUT2D eigenvalue weighted by Crippen LogP contribution is -1.97. The number of hydrogen-bond donors (Lipinski definition) is 2. The lowest BCUT2D eigenvalue weighted by atomic mass is 10.2. The van der Waals surface area contributed by atoms with Gasteiger partial charge in [0.1, 0.15) is 11.6 Å². The number of hydrogen-bond acceptors (Lipinski definition) is 5. The van der Waals surface area contributed by atoms with Gasteiger partial charge < -0.3 is 10.8 Å². The fourth-order valence-electron chi connectivity index (χ4n) is 1.94. The molecule has 100 valence electrons. The van der Waals surface area contributed by atoms with Crippen LogP contribution in [0.1, 0.15) is 0 Å². The van der Waals surface area contributed by atoms with Crippen LogP contribution in [0.5, 0.6) is 5.75 Å². The van der Waals surface area contributed by atoms with Crippen LogP contribution in [0.25, 0.3) is 22.6 Å². The van der Waals surface area contributed by atoms with Crippen LogP contribution in [0.15, 0.2) is 42.7 Å². The fraction of sp³-hybridized carbons (Fsp3) is 0.0714. The Morgan fingerprint density at radius 2 is 2.00 bits per heavy atom. The maximum Gasteiger partial charge on any atom is 0.162 e. The molecule has 6 nitrogen and oxygen atoms in total. The number of aromatic hydroxyl groups is 1. The number of phenols is 1. The molecule has 0 saturated carbocycles. The van der Waals surface area contributed by atoms with Gasteiger partial charge in [-0.15, -0.1) is 0 Å². The van der Waals surface area contributed by atoms with Crippen molar-refractivity contribution in [2.75, 3.05) is 5.73 Å². The number of nitrogens with zero attached hydrogens (tertiary/aromatic N) is 4. The minimum Gasteiger partial charge on any atom is -0.508 e. The van der Waals surface area contributed by atoms with E-state index in [1.807, 2.05) is 19.3 Å². The van der Waals surface area contributed by atoms with Crippen LogP contribution < -0.4 is 5.73 Å². The second-order valence-electron chi connectivity index (χ2n) is 4.45. The average molecular weight is 267 g/mol. The number of benzene rings is 1. The van der Waals surface area contributed by atoms with Crippen LogP contribution in [0, 0.1) is 0 Å². The Morgan fingerprint density at radius 3 is 2.70 bits per heavy atom. The van der Waals surface area contributed by atoms with Gasteiger partial charge >= 0.3 is 0 Å². The molecule has 0 saturated heterocycles. The minimum absolute atomic E-state index is 0.163. The number of nitrogen functional groups attached to an aromatic ring is 1. The molecular weight excluding hydrogens is 254 g/mol. The van der Waals surface area contributed by atoms with E-state index in [-0.39, 0.29) is 5.75 Å². The summed E-state index contributed by atoms with van der Waals surface area (Å²) in [7, 11) is 1.84. The molecule has 3 aromatic rings. The van der Waals surface area contributed by atoms with Crippen LogP contribution in [-0.2, 0) is 7.05 Å². The van der Waals surface area contributed by atoms with E-state index >= 15 is 0 Å². The summed E-state index contributed by atoms with van der Waals surface area (Å²) < 4.78 is 1.70. The molecule has 0 fully saturated rings. The Hall–Kier alpha value is -2.89. The van der Waals surface area contributed by atoms with Crippen molar-refractivity contribution in [2.45, 2.75) is 0 Å². The van der Waals surface area contributed by atoms with Crippen molar-refractivity contribution in [3.8, 4) is 28.4 Å². The summed E-state index contributed by atoms with van der Waals surface area (Å²) in [5, 5.41) is 13.6. The van der Waals surface area contributed by atoms with Gasteiger partial charge in [0.25, 0.3) is 0 Å². The topological polar surface area (TPSA) is 89.9 Å². The van der Waals surface area contributed by atoms with Gasteiger partial charge in [-0.2, -0.15) is 5.10 Å². The van der Waals surface area contributed by atoms with Crippen LogP contribution in [-0.4, -0.2) is 24.9 Å². The molecular formula is C14H13N5O. The molecule has 3 N–H and O–H groups in total. The largest absolute Gasteiger partial charge is 0.508 e. The molecule has 0 bridgehead atoms. The lowest BCUT2D eigenvalue weighted by molar-refractivity contribution is 0.475. The first kappa shape index (κ1) is 12.2. The standard InChI is InChI=1S/C14H13N5O/c1-19-8-10(7-16-19)12-6-13(15)18-14(17-12)9-3-2-4-11(20)5-9/h2-8,20H,1H3,(H2,15,17,18). The highest BCUT2D eigenvalue weighted by Crippen LogP contribution is 2.24. The maximum absolute atomic E-state index is 9.53. The molecule has 0 aliphatic carbocycles. The number of phenolic OH excluding ortho intramolecular Hbond substituents is 1. The minimum atomic E-state index is 0.163. The molecule has 0 unspecified atom stereocenters. The normalized spacial score (nSPS) is 10.7. The zero-order valence-corrected chi connectivity index (χ0v) is 10.9. The van der Waals surface area contributed by atoms with Crippen molar-refractivity contribution >= 4 is 5.82 Å². The van der Waals surface area contributed by atoms with E-state index in [0.29, 0.717) is 22.9 Å². The third-order valence-electron chi connectivity index (χ3n) is 2.85. The molecule has 0 spiro atoms. The van der Waals surface area contributed by atoms with Gasteiger partial charge in [0.2, 0.25) is 0 Å². The summed E-state index contributed by atoms with van der Waals surface area (Å²) >= 11 is 0.